The Labute approximate surface area is 166 Å². The average molecular weight is 374 g/mol. The number of aryl methyl sites for hydroxylation is 2. The molecule has 2 aromatic carbocycles. The molecule has 0 bridgehead atoms. The molecule has 1 aromatic heterocycles. The molecule has 144 valence electrons. The highest BCUT2D eigenvalue weighted by atomic mass is 16.1. The number of carbonyl (C=O) groups excluding carboxylic acids is 1. The largest absolute Gasteiger partial charge is 0.347 e. The van der Waals surface area contributed by atoms with Gasteiger partial charge in [-0.2, -0.15) is 0 Å². The third-order valence-corrected chi connectivity index (χ3v) is 4.49. The van der Waals surface area contributed by atoms with Gasteiger partial charge in [0.05, 0.1) is 0 Å². The summed E-state index contributed by atoms with van der Waals surface area (Å²) in [6, 6.07) is 17.9. The molecule has 1 amide bonds. The van der Waals surface area contributed by atoms with Gasteiger partial charge < -0.3 is 10.6 Å². The van der Waals surface area contributed by atoms with Crippen molar-refractivity contribution >= 4 is 17.5 Å². The van der Waals surface area contributed by atoms with Crippen LogP contribution in [0, 0.1) is 13.8 Å². The first-order valence-electron chi connectivity index (χ1n) is 9.48. The number of aromatic nitrogens is 2. The van der Waals surface area contributed by atoms with Gasteiger partial charge in [-0.25, -0.2) is 9.97 Å². The first-order chi connectivity index (χ1) is 13.4. The van der Waals surface area contributed by atoms with Crippen LogP contribution in [0.15, 0.2) is 54.6 Å². The highest BCUT2D eigenvalue weighted by molar-refractivity contribution is 5.92. The molecule has 0 saturated carbocycles. The molecular formula is C23H26N4O. The molecule has 0 atom stereocenters. The fourth-order valence-electron chi connectivity index (χ4n) is 2.95. The molecule has 0 aliphatic carbocycles. The number of benzene rings is 2. The molecule has 0 spiro atoms. The van der Waals surface area contributed by atoms with E-state index >= 15 is 0 Å². The zero-order chi connectivity index (χ0) is 20.1. The van der Waals surface area contributed by atoms with Crippen LogP contribution in [-0.2, 0) is 6.54 Å². The monoisotopic (exact) mass is 374 g/mol. The van der Waals surface area contributed by atoms with Gasteiger partial charge in [-0.3, -0.25) is 4.79 Å². The van der Waals surface area contributed by atoms with E-state index in [-0.39, 0.29) is 5.91 Å². The van der Waals surface area contributed by atoms with Crippen molar-refractivity contribution in [2.75, 3.05) is 5.32 Å². The molecule has 3 rings (SSSR count). The van der Waals surface area contributed by atoms with E-state index in [0.717, 1.165) is 16.9 Å². The number of nitrogens with zero attached hydrogens (tertiary/aromatic N) is 2. The average Bonchev–Trinajstić information content (AvgIpc) is 2.67. The Morgan fingerprint density at radius 1 is 1.00 bits per heavy atom. The van der Waals surface area contributed by atoms with Crippen LogP contribution in [0.25, 0.3) is 0 Å². The molecular weight excluding hydrogens is 348 g/mol. The second kappa shape index (κ2) is 8.65. The summed E-state index contributed by atoms with van der Waals surface area (Å²) in [5.41, 5.74) is 5.46. The minimum Gasteiger partial charge on any atom is -0.347 e. The zero-order valence-electron chi connectivity index (χ0n) is 16.8. The lowest BCUT2D eigenvalue weighted by Gasteiger charge is -2.14. The molecule has 0 unspecified atom stereocenters. The van der Waals surface area contributed by atoms with E-state index in [9.17, 15) is 4.79 Å². The van der Waals surface area contributed by atoms with Crippen LogP contribution >= 0.6 is 0 Å². The Hall–Kier alpha value is -3.21. The minimum absolute atomic E-state index is 0.216. The van der Waals surface area contributed by atoms with Crippen LogP contribution < -0.4 is 10.6 Å². The summed E-state index contributed by atoms with van der Waals surface area (Å²) < 4.78 is 0. The number of carbonyl (C=O) groups is 1. The molecule has 0 radical (unpaired) electrons. The van der Waals surface area contributed by atoms with Crippen molar-refractivity contribution in [3.63, 3.8) is 0 Å². The van der Waals surface area contributed by atoms with Crippen molar-refractivity contribution in [2.45, 2.75) is 40.2 Å². The van der Waals surface area contributed by atoms with E-state index in [0.29, 0.717) is 24.1 Å². The summed E-state index contributed by atoms with van der Waals surface area (Å²) in [6.07, 6.45) is 0. The second-order valence-corrected chi connectivity index (χ2v) is 7.25. The number of nitrogens with one attached hydrogen (secondary N) is 2. The number of hydrogen-bond donors (Lipinski definition) is 2. The van der Waals surface area contributed by atoms with Crippen molar-refractivity contribution < 1.29 is 4.79 Å². The highest BCUT2D eigenvalue weighted by Crippen LogP contribution is 2.25. The van der Waals surface area contributed by atoms with E-state index in [1.165, 1.54) is 11.1 Å². The van der Waals surface area contributed by atoms with Gasteiger partial charge in [0, 0.05) is 17.9 Å². The highest BCUT2D eigenvalue weighted by Gasteiger charge is 2.12. The minimum atomic E-state index is -0.216. The van der Waals surface area contributed by atoms with Crippen LogP contribution in [0.3, 0.4) is 0 Å². The fourth-order valence-corrected chi connectivity index (χ4v) is 2.95. The standard InChI is InChI=1S/C23H26N4O/c1-15(2)19-7-5-6-8-20(19)26-23-25-17(4)13-21(27-23)22(28)24-14-18-11-9-16(3)10-12-18/h5-13,15H,14H2,1-4H3,(H,24,28)(H,25,26,27). The lowest BCUT2D eigenvalue weighted by Crippen LogP contribution is -2.24. The Kier molecular flexibility index (Phi) is 6.04. The molecule has 5 nitrogen and oxygen atoms in total. The summed E-state index contributed by atoms with van der Waals surface area (Å²) in [5.74, 6) is 0.575. The predicted octanol–water partition coefficient (Wildman–Crippen LogP) is 4.89. The number of para-hydroxylation sites is 1. The topological polar surface area (TPSA) is 66.9 Å². The van der Waals surface area contributed by atoms with Crippen molar-refractivity contribution in [1.82, 2.24) is 15.3 Å². The Bertz CT molecular complexity index is 965. The van der Waals surface area contributed by atoms with Gasteiger partial charge >= 0.3 is 0 Å². The quantitative estimate of drug-likeness (QED) is 0.645. The van der Waals surface area contributed by atoms with Crippen LogP contribution in [0.4, 0.5) is 11.6 Å². The third kappa shape index (κ3) is 4.94. The number of anilines is 2. The van der Waals surface area contributed by atoms with Crippen molar-refractivity contribution in [3.8, 4) is 0 Å². The molecule has 5 heteroatoms. The van der Waals surface area contributed by atoms with Gasteiger partial charge in [0.1, 0.15) is 5.69 Å². The van der Waals surface area contributed by atoms with E-state index in [1.807, 2.05) is 56.3 Å². The normalized spacial score (nSPS) is 10.8. The number of hydrogen-bond acceptors (Lipinski definition) is 4. The molecule has 0 aliphatic heterocycles. The van der Waals surface area contributed by atoms with Crippen molar-refractivity contribution in [3.05, 3.63) is 82.7 Å². The summed E-state index contributed by atoms with van der Waals surface area (Å²) in [7, 11) is 0. The predicted molar refractivity (Wildman–Crippen MR) is 113 cm³/mol. The summed E-state index contributed by atoms with van der Waals surface area (Å²) in [4.78, 5) is 21.4. The maximum Gasteiger partial charge on any atom is 0.270 e. The SMILES string of the molecule is Cc1ccc(CNC(=O)c2cc(C)nc(Nc3ccccc3C(C)C)n2)cc1. The van der Waals surface area contributed by atoms with Gasteiger partial charge in [0.2, 0.25) is 5.95 Å². The lowest BCUT2D eigenvalue weighted by atomic mass is 10.0. The van der Waals surface area contributed by atoms with Crippen LogP contribution in [0.5, 0.6) is 0 Å². The molecule has 0 aliphatic rings. The van der Waals surface area contributed by atoms with Gasteiger partial charge in [0.25, 0.3) is 5.91 Å². The van der Waals surface area contributed by atoms with Gasteiger partial charge in [0.15, 0.2) is 0 Å². The van der Waals surface area contributed by atoms with Crippen LogP contribution in [0.2, 0.25) is 0 Å². The van der Waals surface area contributed by atoms with E-state index in [4.69, 9.17) is 0 Å². The lowest BCUT2D eigenvalue weighted by molar-refractivity contribution is 0.0945. The smallest absolute Gasteiger partial charge is 0.270 e. The first kappa shape index (κ1) is 19.5. The van der Waals surface area contributed by atoms with E-state index in [2.05, 4.69) is 40.5 Å². The molecule has 3 aromatic rings. The maximum absolute atomic E-state index is 12.6. The molecule has 0 fully saturated rings. The summed E-state index contributed by atoms with van der Waals surface area (Å²) in [6.45, 7) is 8.64. The molecule has 1 heterocycles. The second-order valence-electron chi connectivity index (χ2n) is 7.25. The van der Waals surface area contributed by atoms with Crippen LogP contribution in [0.1, 0.15) is 52.6 Å². The summed E-state index contributed by atoms with van der Waals surface area (Å²) in [5, 5.41) is 6.19. The Balaban J connectivity index is 1.76. The van der Waals surface area contributed by atoms with Crippen LogP contribution in [-0.4, -0.2) is 15.9 Å². The van der Waals surface area contributed by atoms with E-state index < -0.39 is 0 Å². The summed E-state index contributed by atoms with van der Waals surface area (Å²) >= 11 is 0. The van der Waals surface area contributed by atoms with E-state index in [1.54, 1.807) is 6.07 Å². The fraction of sp³-hybridized carbons (Fsp3) is 0.261. The maximum atomic E-state index is 12.6. The zero-order valence-corrected chi connectivity index (χ0v) is 16.8. The molecule has 0 saturated heterocycles. The third-order valence-electron chi connectivity index (χ3n) is 4.49. The first-order valence-corrected chi connectivity index (χ1v) is 9.48. The van der Waals surface area contributed by atoms with Gasteiger partial charge in [-0.15, -0.1) is 0 Å². The Morgan fingerprint density at radius 2 is 1.71 bits per heavy atom. The van der Waals surface area contributed by atoms with Gasteiger partial charge in [-0.05, 0) is 43.0 Å². The van der Waals surface area contributed by atoms with Gasteiger partial charge in [-0.1, -0.05) is 61.9 Å². The molecule has 2 N–H and O–H groups in total. The van der Waals surface area contributed by atoms with Crippen molar-refractivity contribution in [1.29, 1.82) is 0 Å². The Morgan fingerprint density at radius 3 is 2.43 bits per heavy atom. The number of amides is 1. The van der Waals surface area contributed by atoms with Crippen molar-refractivity contribution in [2.24, 2.45) is 0 Å². The molecule has 28 heavy (non-hydrogen) atoms. The number of rotatable bonds is 6.